The zero-order chi connectivity index (χ0) is 15.0. The molecule has 0 saturated carbocycles. The van der Waals surface area contributed by atoms with E-state index < -0.39 is 0 Å². The smallest absolute Gasteiger partial charge is 0.257 e. The molecule has 0 bridgehead atoms. The van der Waals surface area contributed by atoms with Crippen molar-refractivity contribution in [1.82, 2.24) is 24.6 Å². The fraction of sp³-hybridized carbons (Fsp3) is 0.467. The lowest BCUT2D eigenvalue weighted by atomic mass is 10.3. The maximum Gasteiger partial charge on any atom is 0.257 e. The highest BCUT2D eigenvalue weighted by atomic mass is 16.2. The van der Waals surface area contributed by atoms with E-state index in [4.69, 9.17) is 0 Å². The van der Waals surface area contributed by atoms with E-state index >= 15 is 0 Å². The van der Waals surface area contributed by atoms with Gasteiger partial charge in [-0.25, -0.2) is 9.97 Å². The van der Waals surface area contributed by atoms with Gasteiger partial charge in [0, 0.05) is 37.0 Å². The molecule has 2 aromatic rings. The molecule has 0 N–H and O–H groups in total. The van der Waals surface area contributed by atoms with Gasteiger partial charge in [-0.2, -0.15) is 5.10 Å². The molecule has 1 aliphatic heterocycles. The van der Waals surface area contributed by atoms with Crippen LogP contribution in [-0.4, -0.2) is 30.6 Å². The molecule has 3 rings (SSSR count). The number of hydrogen-bond donors (Lipinski definition) is 0. The number of carbonyl (C=O) groups is 1. The first-order valence-electron chi connectivity index (χ1n) is 7.25. The van der Waals surface area contributed by atoms with Gasteiger partial charge in [0.1, 0.15) is 5.82 Å². The topological polar surface area (TPSA) is 63.9 Å². The molecule has 21 heavy (non-hydrogen) atoms. The Morgan fingerprint density at radius 1 is 1.33 bits per heavy atom. The molecule has 0 aliphatic carbocycles. The van der Waals surface area contributed by atoms with Crippen molar-refractivity contribution in [2.24, 2.45) is 0 Å². The van der Waals surface area contributed by atoms with Crippen LogP contribution >= 0.6 is 0 Å². The first-order valence-corrected chi connectivity index (χ1v) is 7.25. The van der Waals surface area contributed by atoms with E-state index in [0.717, 1.165) is 23.5 Å². The standard InChI is InChI=1S/C15H19N5O/c1-4-14-16-5-11-7-19(9-13(11)18-14)15(21)12-6-17-20(8-12)10(2)3/h5-6,8,10H,4,7,9H2,1-3H3. The third-order valence-corrected chi connectivity index (χ3v) is 3.69. The Balaban J connectivity index is 1.78. The average molecular weight is 285 g/mol. The van der Waals surface area contributed by atoms with E-state index in [1.807, 2.05) is 27.0 Å². The van der Waals surface area contributed by atoms with Gasteiger partial charge in [-0.3, -0.25) is 9.48 Å². The zero-order valence-electron chi connectivity index (χ0n) is 12.6. The predicted octanol–water partition coefficient (Wildman–Crippen LogP) is 1.97. The van der Waals surface area contributed by atoms with Crippen LogP contribution in [-0.2, 0) is 19.5 Å². The molecule has 0 saturated heterocycles. The third kappa shape index (κ3) is 2.53. The third-order valence-electron chi connectivity index (χ3n) is 3.69. The molecule has 3 heterocycles. The first kappa shape index (κ1) is 13.7. The van der Waals surface area contributed by atoms with Gasteiger partial charge in [0.05, 0.1) is 24.0 Å². The summed E-state index contributed by atoms with van der Waals surface area (Å²) in [6.07, 6.45) is 6.09. The highest BCUT2D eigenvalue weighted by Gasteiger charge is 2.26. The van der Waals surface area contributed by atoms with Crippen LogP contribution in [0, 0.1) is 0 Å². The zero-order valence-corrected chi connectivity index (χ0v) is 12.6. The molecule has 110 valence electrons. The van der Waals surface area contributed by atoms with Crippen LogP contribution < -0.4 is 0 Å². The van der Waals surface area contributed by atoms with Crippen molar-refractivity contribution in [3.05, 3.63) is 41.2 Å². The van der Waals surface area contributed by atoms with Crippen molar-refractivity contribution >= 4 is 5.91 Å². The first-order chi connectivity index (χ1) is 10.1. The van der Waals surface area contributed by atoms with E-state index in [1.54, 1.807) is 22.0 Å². The lowest BCUT2D eigenvalue weighted by molar-refractivity contribution is 0.0750. The average Bonchev–Trinajstić information content (AvgIpc) is 3.12. The van der Waals surface area contributed by atoms with Crippen molar-refractivity contribution in [3.63, 3.8) is 0 Å². The monoisotopic (exact) mass is 285 g/mol. The Morgan fingerprint density at radius 2 is 2.14 bits per heavy atom. The number of hydrogen-bond acceptors (Lipinski definition) is 4. The van der Waals surface area contributed by atoms with E-state index in [2.05, 4.69) is 15.1 Å². The molecule has 0 atom stereocenters. The van der Waals surface area contributed by atoms with Gasteiger partial charge >= 0.3 is 0 Å². The van der Waals surface area contributed by atoms with Gasteiger partial charge < -0.3 is 4.90 Å². The lowest BCUT2D eigenvalue weighted by Gasteiger charge is -2.13. The number of aryl methyl sites for hydroxylation is 1. The minimum atomic E-state index is -0.00190. The molecule has 0 unspecified atom stereocenters. The number of carbonyl (C=O) groups excluding carboxylic acids is 1. The molecule has 0 aromatic carbocycles. The molecule has 0 spiro atoms. The molecule has 0 fully saturated rings. The molecule has 1 amide bonds. The maximum atomic E-state index is 12.5. The minimum absolute atomic E-state index is 0.00190. The van der Waals surface area contributed by atoms with E-state index in [-0.39, 0.29) is 11.9 Å². The summed E-state index contributed by atoms with van der Waals surface area (Å²) in [6, 6.07) is 0.250. The summed E-state index contributed by atoms with van der Waals surface area (Å²) in [7, 11) is 0. The fourth-order valence-corrected chi connectivity index (χ4v) is 2.42. The van der Waals surface area contributed by atoms with Crippen LogP contribution in [0.5, 0.6) is 0 Å². The Morgan fingerprint density at radius 3 is 2.81 bits per heavy atom. The van der Waals surface area contributed by atoms with Gasteiger partial charge in [-0.05, 0) is 13.8 Å². The van der Waals surface area contributed by atoms with Crippen molar-refractivity contribution in [2.45, 2.75) is 46.3 Å². The number of nitrogens with zero attached hydrogens (tertiary/aromatic N) is 5. The Kier molecular flexibility index (Phi) is 3.45. The number of rotatable bonds is 3. The highest BCUT2D eigenvalue weighted by molar-refractivity contribution is 5.94. The molecular formula is C15H19N5O. The van der Waals surface area contributed by atoms with Crippen molar-refractivity contribution in [2.75, 3.05) is 0 Å². The van der Waals surface area contributed by atoms with Crippen molar-refractivity contribution in [3.8, 4) is 0 Å². The van der Waals surface area contributed by atoms with Gasteiger partial charge in [0.2, 0.25) is 0 Å². The Bertz CT molecular complexity index is 676. The summed E-state index contributed by atoms with van der Waals surface area (Å²) in [6.45, 7) is 7.23. The second kappa shape index (κ2) is 5.27. The van der Waals surface area contributed by atoms with E-state index in [1.165, 1.54) is 0 Å². The highest BCUT2D eigenvalue weighted by Crippen LogP contribution is 2.22. The largest absolute Gasteiger partial charge is 0.328 e. The van der Waals surface area contributed by atoms with Crippen LogP contribution in [0.1, 0.15) is 54.3 Å². The van der Waals surface area contributed by atoms with E-state index in [9.17, 15) is 4.79 Å². The number of aromatic nitrogens is 4. The SMILES string of the molecule is CCc1ncc2c(n1)CN(C(=O)c1cnn(C(C)C)c1)C2. The fourth-order valence-electron chi connectivity index (χ4n) is 2.42. The van der Waals surface area contributed by atoms with E-state index in [0.29, 0.717) is 18.7 Å². The molecule has 6 nitrogen and oxygen atoms in total. The second-order valence-electron chi connectivity index (χ2n) is 5.58. The van der Waals surface area contributed by atoms with Crippen LogP contribution in [0.25, 0.3) is 0 Å². The summed E-state index contributed by atoms with van der Waals surface area (Å²) >= 11 is 0. The quantitative estimate of drug-likeness (QED) is 0.865. The molecule has 2 aromatic heterocycles. The second-order valence-corrected chi connectivity index (χ2v) is 5.58. The molecular weight excluding hydrogens is 266 g/mol. The van der Waals surface area contributed by atoms with Crippen molar-refractivity contribution < 1.29 is 4.79 Å². The number of amides is 1. The van der Waals surface area contributed by atoms with Gasteiger partial charge in [-0.15, -0.1) is 0 Å². The molecule has 0 radical (unpaired) electrons. The van der Waals surface area contributed by atoms with Crippen LogP contribution in [0.3, 0.4) is 0 Å². The van der Waals surface area contributed by atoms with Crippen LogP contribution in [0.2, 0.25) is 0 Å². The summed E-state index contributed by atoms with van der Waals surface area (Å²) in [5.41, 5.74) is 2.63. The summed E-state index contributed by atoms with van der Waals surface area (Å²) in [4.78, 5) is 23.1. The summed E-state index contributed by atoms with van der Waals surface area (Å²) in [5.74, 6) is 0.827. The van der Waals surface area contributed by atoms with Gasteiger partial charge in [-0.1, -0.05) is 6.92 Å². The van der Waals surface area contributed by atoms with Gasteiger partial charge in [0.15, 0.2) is 0 Å². The van der Waals surface area contributed by atoms with Crippen molar-refractivity contribution in [1.29, 1.82) is 0 Å². The normalized spacial score (nSPS) is 13.8. The molecule has 1 aliphatic rings. The molecule has 6 heteroatoms. The minimum Gasteiger partial charge on any atom is -0.328 e. The summed E-state index contributed by atoms with van der Waals surface area (Å²) in [5, 5.41) is 4.23. The summed E-state index contributed by atoms with van der Waals surface area (Å²) < 4.78 is 1.80. The lowest BCUT2D eigenvalue weighted by Crippen LogP contribution is -2.25. The Labute approximate surface area is 123 Å². The Hall–Kier alpha value is -2.24. The maximum absolute atomic E-state index is 12.5. The van der Waals surface area contributed by atoms with Crippen LogP contribution in [0.15, 0.2) is 18.6 Å². The predicted molar refractivity (Wildman–Crippen MR) is 77.6 cm³/mol. The number of fused-ring (bicyclic) bond motifs is 1. The van der Waals surface area contributed by atoms with Crippen LogP contribution in [0.4, 0.5) is 0 Å². The van der Waals surface area contributed by atoms with Gasteiger partial charge in [0.25, 0.3) is 5.91 Å².